The van der Waals surface area contributed by atoms with Crippen LogP contribution in [0.5, 0.6) is 0 Å². The molecule has 0 aromatic carbocycles. The molecule has 13 heavy (non-hydrogen) atoms. The second kappa shape index (κ2) is 4.77. The fraction of sp³-hybridized carbons (Fsp3) is 0.556. The van der Waals surface area contributed by atoms with Gasteiger partial charge in [0.2, 0.25) is 0 Å². The number of rotatable bonds is 4. The zero-order valence-corrected chi connectivity index (χ0v) is 8.12. The summed E-state index contributed by atoms with van der Waals surface area (Å²) in [6.07, 6.45) is 3.36. The van der Waals surface area contributed by atoms with Gasteiger partial charge in [-0.15, -0.1) is 0 Å². The van der Waals surface area contributed by atoms with Gasteiger partial charge in [-0.3, -0.25) is 0 Å². The van der Waals surface area contributed by atoms with Crippen molar-refractivity contribution in [2.45, 2.75) is 19.8 Å². The van der Waals surface area contributed by atoms with Crippen molar-refractivity contribution in [3.05, 3.63) is 18.2 Å². The standard InChI is InChI=1S/C9H16N4/c1-7(2)9-8(12-4-3-10)5-11-6-13-9/h5-7,12H,3-4,10H2,1-2H3. The van der Waals surface area contributed by atoms with E-state index in [0.29, 0.717) is 12.5 Å². The first-order valence-corrected chi connectivity index (χ1v) is 4.49. The monoisotopic (exact) mass is 180 g/mol. The van der Waals surface area contributed by atoms with Crippen molar-refractivity contribution in [1.82, 2.24) is 9.97 Å². The molecular formula is C9H16N4. The van der Waals surface area contributed by atoms with E-state index in [-0.39, 0.29) is 0 Å². The summed E-state index contributed by atoms with van der Waals surface area (Å²) in [7, 11) is 0. The Hall–Kier alpha value is -1.16. The Morgan fingerprint density at radius 2 is 2.31 bits per heavy atom. The molecule has 1 rings (SSSR count). The summed E-state index contributed by atoms with van der Waals surface area (Å²) in [5.41, 5.74) is 7.43. The van der Waals surface area contributed by atoms with Crippen molar-refractivity contribution in [1.29, 1.82) is 0 Å². The van der Waals surface area contributed by atoms with Crippen LogP contribution in [0.15, 0.2) is 12.5 Å². The third kappa shape index (κ3) is 2.66. The molecule has 0 aliphatic carbocycles. The minimum Gasteiger partial charge on any atom is -0.381 e. The van der Waals surface area contributed by atoms with Crippen LogP contribution >= 0.6 is 0 Å². The van der Waals surface area contributed by atoms with E-state index in [1.807, 2.05) is 0 Å². The molecule has 1 heterocycles. The summed E-state index contributed by atoms with van der Waals surface area (Å²) in [5.74, 6) is 0.406. The predicted octanol–water partition coefficient (Wildman–Crippen LogP) is 0.971. The smallest absolute Gasteiger partial charge is 0.115 e. The summed E-state index contributed by atoms with van der Waals surface area (Å²) in [6.45, 7) is 5.59. The van der Waals surface area contributed by atoms with Gasteiger partial charge < -0.3 is 11.1 Å². The molecule has 3 N–H and O–H groups in total. The van der Waals surface area contributed by atoms with Crippen LogP contribution in [0.1, 0.15) is 25.5 Å². The highest BCUT2D eigenvalue weighted by atomic mass is 15.0. The van der Waals surface area contributed by atoms with Crippen molar-refractivity contribution in [2.75, 3.05) is 18.4 Å². The first-order chi connectivity index (χ1) is 6.25. The van der Waals surface area contributed by atoms with E-state index in [1.54, 1.807) is 12.5 Å². The maximum atomic E-state index is 5.40. The number of anilines is 1. The van der Waals surface area contributed by atoms with Crippen molar-refractivity contribution >= 4 is 5.69 Å². The Kier molecular flexibility index (Phi) is 3.64. The highest BCUT2D eigenvalue weighted by Gasteiger charge is 2.06. The highest BCUT2D eigenvalue weighted by Crippen LogP contribution is 2.19. The average Bonchev–Trinajstić information content (AvgIpc) is 2.15. The normalized spacial score (nSPS) is 10.5. The number of nitrogens with two attached hydrogens (primary N) is 1. The zero-order chi connectivity index (χ0) is 9.68. The van der Waals surface area contributed by atoms with E-state index in [1.165, 1.54) is 0 Å². The fourth-order valence-corrected chi connectivity index (χ4v) is 1.14. The lowest BCUT2D eigenvalue weighted by atomic mass is 10.1. The maximum Gasteiger partial charge on any atom is 0.115 e. The van der Waals surface area contributed by atoms with Gasteiger partial charge in [0, 0.05) is 13.1 Å². The van der Waals surface area contributed by atoms with Crippen LogP contribution in [0.2, 0.25) is 0 Å². The molecule has 0 spiro atoms. The minimum absolute atomic E-state index is 0.406. The number of nitrogens with zero attached hydrogens (tertiary/aromatic N) is 2. The van der Waals surface area contributed by atoms with Gasteiger partial charge in [0.15, 0.2) is 0 Å². The second-order valence-electron chi connectivity index (χ2n) is 3.19. The molecule has 4 nitrogen and oxygen atoms in total. The Morgan fingerprint density at radius 1 is 1.54 bits per heavy atom. The van der Waals surface area contributed by atoms with Crippen LogP contribution in [0, 0.1) is 0 Å². The van der Waals surface area contributed by atoms with Gasteiger partial charge in [0.1, 0.15) is 6.33 Å². The summed E-state index contributed by atoms with van der Waals surface area (Å²) in [6, 6.07) is 0. The molecule has 1 aromatic heterocycles. The molecule has 0 bridgehead atoms. The van der Waals surface area contributed by atoms with E-state index in [2.05, 4.69) is 29.1 Å². The van der Waals surface area contributed by atoms with Crippen molar-refractivity contribution in [3.63, 3.8) is 0 Å². The fourth-order valence-electron chi connectivity index (χ4n) is 1.14. The third-order valence-corrected chi connectivity index (χ3v) is 1.75. The average molecular weight is 180 g/mol. The van der Waals surface area contributed by atoms with E-state index in [4.69, 9.17) is 5.73 Å². The lowest BCUT2D eigenvalue weighted by molar-refractivity contribution is 0.813. The van der Waals surface area contributed by atoms with Crippen LogP contribution < -0.4 is 11.1 Å². The maximum absolute atomic E-state index is 5.40. The Bertz CT molecular complexity index is 260. The van der Waals surface area contributed by atoms with Gasteiger partial charge in [0.05, 0.1) is 17.6 Å². The van der Waals surface area contributed by atoms with Gasteiger partial charge in [-0.1, -0.05) is 13.8 Å². The van der Waals surface area contributed by atoms with E-state index in [0.717, 1.165) is 17.9 Å². The lowest BCUT2D eigenvalue weighted by Crippen LogP contribution is -2.15. The molecule has 0 saturated heterocycles. The minimum atomic E-state index is 0.406. The highest BCUT2D eigenvalue weighted by molar-refractivity contribution is 5.46. The third-order valence-electron chi connectivity index (χ3n) is 1.75. The van der Waals surface area contributed by atoms with E-state index in [9.17, 15) is 0 Å². The molecule has 0 fully saturated rings. The van der Waals surface area contributed by atoms with Crippen LogP contribution in [0.25, 0.3) is 0 Å². The Balaban J connectivity index is 2.78. The Morgan fingerprint density at radius 3 is 2.92 bits per heavy atom. The van der Waals surface area contributed by atoms with Crippen LogP contribution in [-0.2, 0) is 0 Å². The van der Waals surface area contributed by atoms with Crippen molar-refractivity contribution in [3.8, 4) is 0 Å². The molecule has 0 unspecified atom stereocenters. The SMILES string of the molecule is CC(C)c1ncncc1NCCN. The molecule has 72 valence electrons. The molecule has 0 saturated carbocycles. The van der Waals surface area contributed by atoms with Gasteiger partial charge in [0.25, 0.3) is 0 Å². The molecule has 0 atom stereocenters. The van der Waals surface area contributed by atoms with E-state index >= 15 is 0 Å². The molecule has 0 radical (unpaired) electrons. The van der Waals surface area contributed by atoms with E-state index < -0.39 is 0 Å². The van der Waals surface area contributed by atoms with Crippen LogP contribution in [0.3, 0.4) is 0 Å². The Labute approximate surface area is 78.6 Å². The second-order valence-corrected chi connectivity index (χ2v) is 3.19. The summed E-state index contributed by atoms with van der Waals surface area (Å²) < 4.78 is 0. The van der Waals surface area contributed by atoms with Gasteiger partial charge in [-0.05, 0) is 5.92 Å². The zero-order valence-electron chi connectivity index (χ0n) is 8.12. The van der Waals surface area contributed by atoms with Crippen LogP contribution in [-0.4, -0.2) is 23.1 Å². The first kappa shape index (κ1) is 9.92. The summed E-state index contributed by atoms with van der Waals surface area (Å²) in [4.78, 5) is 8.18. The summed E-state index contributed by atoms with van der Waals surface area (Å²) in [5, 5.41) is 3.19. The predicted molar refractivity (Wildman–Crippen MR) is 53.7 cm³/mol. The van der Waals surface area contributed by atoms with Crippen LogP contribution in [0.4, 0.5) is 5.69 Å². The number of aromatic nitrogens is 2. The number of hydrogen-bond donors (Lipinski definition) is 2. The lowest BCUT2D eigenvalue weighted by Gasteiger charge is -2.11. The van der Waals surface area contributed by atoms with Crippen molar-refractivity contribution < 1.29 is 0 Å². The molecule has 0 aliphatic rings. The molecular weight excluding hydrogens is 164 g/mol. The molecule has 0 amide bonds. The van der Waals surface area contributed by atoms with Gasteiger partial charge in [-0.25, -0.2) is 9.97 Å². The first-order valence-electron chi connectivity index (χ1n) is 4.49. The number of hydrogen-bond acceptors (Lipinski definition) is 4. The number of nitrogens with one attached hydrogen (secondary N) is 1. The molecule has 1 aromatic rings. The largest absolute Gasteiger partial charge is 0.381 e. The van der Waals surface area contributed by atoms with Gasteiger partial charge >= 0.3 is 0 Å². The molecule has 4 heteroatoms. The topological polar surface area (TPSA) is 63.8 Å². The molecule has 0 aliphatic heterocycles. The van der Waals surface area contributed by atoms with Gasteiger partial charge in [-0.2, -0.15) is 0 Å². The quantitative estimate of drug-likeness (QED) is 0.724. The summed E-state index contributed by atoms with van der Waals surface area (Å²) >= 11 is 0. The van der Waals surface area contributed by atoms with Crippen molar-refractivity contribution in [2.24, 2.45) is 5.73 Å².